The predicted molar refractivity (Wildman–Crippen MR) is 80.2 cm³/mol. The Labute approximate surface area is 118 Å². The minimum atomic E-state index is -3.18. The molecule has 1 N–H and O–H groups in total. The van der Waals surface area contributed by atoms with Crippen molar-refractivity contribution >= 4 is 31.5 Å². The number of anilines is 1. The molecule has 0 aliphatic rings. The molecule has 0 heterocycles. The van der Waals surface area contributed by atoms with E-state index in [0.717, 1.165) is 5.33 Å². The number of halogens is 1. The molecule has 0 spiro atoms. The summed E-state index contributed by atoms with van der Waals surface area (Å²) in [5.41, 5.74) is 0.694. The maximum atomic E-state index is 12.0. The van der Waals surface area contributed by atoms with Crippen molar-refractivity contribution in [3.8, 4) is 0 Å². The van der Waals surface area contributed by atoms with E-state index in [1.165, 1.54) is 0 Å². The molecular weight excluding hydrogens is 314 g/mol. The summed E-state index contributed by atoms with van der Waals surface area (Å²) in [6, 6.07) is 7.29. The number of alkyl halides is 1. The fourth-order valence-electron chi connectivity index (χ4n) is 1.53. The molecule has 0 bridgehead atoms. The van der Waals surface area contributed by atoms with Crippen molar-refractivity contribution in [1.29, 1.82) is 0 Å². The molecule has 1 aromatic carbocycles. The van der Waals surface area contributed by atoms with Crippen molar-refractivity contribution in [3.05, 3.63) is 24.3 Å². The van der Waals surface area contributed by atoms with Crippen LogP contribution in [-0.2, 0) is 9.84 Å². The highest BCUT2D eigenvalue weighted by molar-refractivity contribution is 9.09. The van der Waals surface area contributed by atoms with E-state index in [9.17, 15) is 8.42 Å². The Hall–Kier alpha value is -0.550. The molecule has 2 atom stereocenters. The van der Waals surface area contributed by atoms with Gasteiger partial charge in [-0.2, -0.15) is 0 Å². The van der Waals surface area contributed by atoms with Crippen LogP contribution in [0.15, 0.2) is 29.2 Å². The lowest BCUT2D eigenvalue weighted by Gasteiger charge is -2.22. The first-order valence-corrected chi connectivity index (χ1v) is 8.84. The molecule has 0 fully saturated rings. The number of hydrogen-bond acceptors (Lipinski definition) is 3. The van der Waals surface area contributed by atoms with Gasteiger partial charge in [-0.25, -0.2) is 8.42 Å². The third kappa shape index (κ3) is 3.72. The van der Waals surface area contributed by atoms with E-state index in [1.807, 2.05) is 12.1 Å². The molecule has 102 valence electrons. The number of nitrogens with one attached hydrogen (secondary N) is 1. The SMILES string of the molecule is CCS(=O)(=O)c1ccccc1NC(C)C(C)CBr. The number of para-hydroxylation sites is 1. The van der Waals surface area contributed by atoms with Gasteiger partial charge in [0.15, 0.2) is 9.84 Å². The molecule has 0 saturated carbocycles. The lowest BCUT2D eigenvalue weighted by atomic mass is 10.1. The summed E-state index contributed by atoms with van der Waals surface area (Å²) in [5, 5.41) is 4.17. The maximum Gasteiger partial charge on any atom is 0.180 e. The van der Waals surface area contributed by atoms with Crippen molar-refractivity contribution in [3.63, 3.8) is 0 Å². The third-order valence-electron chi connectivity index (χ3n) is 3.08. The maximum absolute atomic E-state index is 12.0. The molecule has 0 aliphatic carbocycles. The molecule has 0 saturated heterocycles. The molecular formula is C13H20BrNO2S. The molecule has 18 heavy (non-hydrogen) atoms. The van der Waals surface area contributed by atoms with Gasteiger partial charge in [0, 0.05) is 11.4 Å². The first-order chi connectivity index (χ1) is 8.42. The fraction of sp³-hybridized carbons (Fsp3) is 0.538. The highest BCUT2D eigenvalue weighted by Crippen LogP contribution is 2.24. The van der Waals surface area contributed by atoms with Crippen molar-refractivity contribution in [1.82, 2.24) is 0 Å². The molecule has 0 aromatic heterocycles. The lowest BCUT2D eigenvalue weighted by molar-refractivity contribution is 0.570. The van der Waals surface area contributed by atoms with E-state index >= 15 is 0 Å². The monoisotopic (exact) mass is 333 g/mol. The quantitative estimate of drug-likeness (QED) is 0.812. The van der Waals surface area contributed by atoms with Gasteiger partial charge in [-0.05, 0) is 25.0 Å². The van der Waals surface area contributed by atoms with E-state index in [-0.39, 0.29) is 11.8 Å². The summed E-state index contributed by atoms with van der Waals surface area (Å²) in [7, 11) is -3.18. The Bertz CT molecular complexity index is 488. The van der Waals surface area contributed by atoms with Crippen LogP contribution < -0.4 is 5.32 Å². The Kier molecular flexibility index (Phi) is 5.66. The van der Waals surface area contributed by atoms with Crippen LogP contribution in [0.3, 0.4) is 0 Å². The zero-order valence-electron chi connectivity index (χ0n) is 11.0. The van der Waals surface area contributed by atoms with Gasteiger partial charge in [0.1, 0.15) is 0 Å². The second-order valence-corrected chi connectivity index (χ2v) is 7.36. The number of benzene rings is 1. The number of sulfone groups is 1. The van der Waals surface area contributed by atoms with Crippen LogP contribution in [0.2, 0.25) is 0 Å². The van der Waals surface area contributed by atoms with Crippen molar-refractivity contribution in [2.24, 2.45) is 5.92 Å². The summed E-state index contributed by atoms with van der Waals surface area (Å²) in [6.07, 6.45) is 0. The fourth-order valence-corrected chi connectivity index (χ4v) is 3.15. The van der Waals surface area contributed by atoms with Gasteiger partial charge >= 0.3 is 0 Å². The largest absolute Gasteiger partial charge is 0.381 e. The average Bonchev–Trinajstić information content (AvgIpc) is 2.38. The van der Waals surface area contributed by atoms with Gasteiger partial charge in [0.25, 0.3) is 0 Å². The molecule has 1 aromatic rings. The van der Waals surface area contributed by atoms with Gasteiger partial charge < -0.3 is 5.32 Å². The van der Waals surface area contributed by atoms with Crippen LogP contribution in [0.5, 0.6) is 0 Å². The van der Waals surface area contributed by atoms with Crippen LogP contribution in [0.25, 0.3) is 0 Å². The second-order valence-electron chi connectivity index (χ2n) is 4.46. The van der Waals surface area contributed by atoms with Crippen molar-refractivity contribution < 1.29 is 8.42 Å². The Morgan fingerprint density at radius 3 is 2.44 bits per heavy atom. The normalized spacial score (nSPS) is 15.1. The van der Waals surface area contributed by atoms with Gasteiger partial charge in [0.05, 0.1) is 16.3 Å². The molecule has 5 heteroatoms. The van der Waals surface area contributed by atoms with Gasteiger partial charge in [-0.1, -0.05) is 41.9 Å². The Morgan fingerprint density at radius 1 is 1.28 bits per heavy atom. The first-order valence-electron chi connectivity index (χ1n) is 6.06. The molecule has 2 unspecified atom stereocenters. The zero-order chi connectivity index (χ0) is 13.8. The van der Waals surface area contributed by atoms with Crippen LogP contribution in [0, 0.1) is 5.92 Å². The predicted octanol–water partition coefficient (Wildman–Crippen LogP) is 3.31. The van der Waals surface area contributed by atoms with E-state index in [2.05, 4.69) is 35.1 Å². The summed E-state index contributed by atoms with van der Waals surface area (Å²) in [6.45, 7) is 5.83. The van der Waals surface area contributed by atoms with E-state index in [4.69, 9.17) is 0 Å². The minimum Gasteiger partial charge on any atom is -0.381 e. The molecule has 0 aliphatic heterocycles. The highest BCUT2D eigenvalue weighted by Gasteiger charge is 2.18. The zero-order valence-corrected chi connectivity index (χ0v) is 13.4. The second kappa shape index (κ2) is 6.57. The van der Waals surface area contributed by atoms with Crippen LogP contribution in [-0.4, -0.2) is 25.5 Å². The van der Waals surface area contributed by atoms with Gasteiger partial charge in [0.2, 0.25) is 0 Å². The Morgan fingerprint density at radius 2 is 1.89 bits per heavy atom. The van der Waals surface area contributed by atoms with Crippen LogP contribution in [0.4, 0.5) is 5.69 Å². The minimum absolute atomic E-state index is 0.119. The van der Waals surface area contributed by atoms with Crippen molar-refractivity contribution in [2.75, 3.05) is 16.4 Å². The van der Waals surface area contributed by atoms with Crippen LogP contribution >= 0.6 is 15.9 Å². The standard InChI is InChI=1S/C13H20BrNO2S/c1-4-18(16,17)13-8-6-5-7-12(13)15-11(3)10(2)9-14/h5-8,10-11,15H,4,9H2,1-3H3. The molecule has 3 nitrogen and oxygen atoms in total. The lowest BCUT2D eigenvalue weighted by Crippen LogP contribution is -2.25. The average molecular weight is 334 g/mol. The highest BCUT2D eigenvalue weighted by atomic mass is 79.9. The molecule has 0 amide bonds. The molecule has 1 rings (SSSR count). The summed E-state index contributed by atoms with van der Waals surface area (Å²) < 4.78 is 24.0. The van der Waals surface area contributed by atoms with E-state index < -0.39 is 9.84 Å². The van der Waals surface area contributed by atoms with E-state index in [0.29, 0.717) is 16.5 Å². The Balaban J connectivity index is 3.04. The molecule has 0 radical (unpaired) electrons. The topological polar surface area (TPSA) is 46.2 Å². The summed E-state index contributed by atoms with van der Waals surface area (Å²) in [4.78, 5) is 0.390. The first kappa shape index (κ1) is 15.5. The smallest absolute Gasteiger partial charge is 0.180 e. The van der Waals surface area contributed by atoms with Crippen LogP contribution in [0.1, 0.15) is 20.8 Å². The number of rotatable bonds is 6. The summed E-state index contributed by atoms with van der Waals surface area (Å²) in [5.74, 6) is 0.538. The van der Waals surface area contributed by atoms with E-state index in [1.54, 1.807) is 19.1 Å². The third-order valence-corrected chi connectivity index (χ3v) is 5.89. The number of hydrogen-bond donors (Lipinski definition) is 1. The summed E-state index contributed by atoms with van der Waals surface area (Å²) >= 11 is 3.44. The van der Waals surface area contributed by atoms with Crippen molar-refractivity contribution in [2.45, 2.75) is 31.7 Å². The van der Waals surface area contributed by atoms with Gasteiger partial charge in [-0.3, -0.25) is 0 Å². The van der Waals surface area contributed by atoms with Gasteiger partial charge in [-0.15, -0.1) is 0 Å².